The van der Waals surface area contributed by atoms with Crippen LogP contribution in [0.1, 0.15) is 74.7 Å². The molecule has 182 valence electrons. The number of nitrogens with one attached hydrogen (secondary N) is 4. The summed E-state index contributed by atoms with van der Waals surface area (Å²) in [5.74, 6) is 0.314. The van der Waals surface area contributed by atoms with E-state index in [2.05, 4.69) is 21.3 Å². The largest absolute Gasteiger partial charge is 0.449 e. The van der Waals surface area contributed by atoms with Gasteiger partial charge in [-0.05, 0) is 39.5 Å². The van der Waals surface area contributed by atoms with Gasteiger partial charge in [0, 0.05) is 18.5 Å². The van der Waals surface area contributed by atoms with Gasteiger partial charge < -0.3 is 26.0 Å². The summed E-state index contributed by atoms with van der Waals surface area (Å²) in [6.45, 7) is 16.0. The summed E-state index contributed by atoms with van der Waals surface area (Å²) in [7, 11) is 0. The zero-order valence-electron chi connectivity index (χ0n) is 20.6. The third-order valence-electron chi connectivity index (χ3n) is 4.17. The van der Waals surface area contributed by atoms with Crippen LogP contribution in [0.5, 0.6) is 0 Å². The van der Waals surface area contributed by atoms with Crippen LogP contribution in [0, 0.1) is 11.8 Å². The van der Waals surface area contributed by atoms with Crippen LogP contribution in [0.2, 0.25) is 0 Å². The topological polar surface area (TPSA) is 126 Å². The van der Waals surface area contributed by atoms with Gasteiger partial charge in [0.2, 0.25) is 17.7 Å². The van der Waals surface area contributed by atoms with E-state index in [1.807, 2.05) is 55.4 Å². The zero-order valence-corrected chi connectivity index (χ0v) is 20.6. The average Bonchev–Trinajstić information content (AvgIpc) is 2.68. The molecule has 4 amide bonds. The van der Waals surface area contributed by atoms with Crippen molar-refractivity contribution in [3.63, 3.8) is 0 Å². The van der Waals surface area contributed by atoms with Crippen LogP contribution in [0.3, 0.4) is 0 Å². The molecule has 0 spiro atoms. The lowest BCUT2D eigenvalue weighted by Crippen LogP contribution is -2.40. The average molecular weight is 445 g/mol. The van der Waals surface area contributed by atoms with Crippen molar-refractivity contribution in [3.05, 3.63) is 0 Å². The SMILES string of the molecule is CCC(C)CC(=O)NCC(=O)NC(C)C.CCC(C)COC(=O)NCC(=O)NC(C)C. The molecular formula is C22H44N4O5. The Kier molecular flexibility index (Phi) is 18.4. The van der Waals surface area contributed by atoms with Gasteiger partial charge >= 0.3 is 6.09 Å². The minimum atomic E-state index is -0.542. The van der Waals surface area contributed by atoms with E-state index >= 15 is 0 Å². The van der Waals surface area contributed by atoms with Crippen molar-refractivity contribution in [1.82, 2.24) is 21.3 Å². The molecule has 0 bridgehead atoms. The Bertz CT molecular complexity index is 538. The lowest BCUT2D eigenvalue weighted by Gasteiger charge is -2.11. The number of rotatable bonds is 12. The number of amides is 4. The van der Waals surface area contributed by atoms with Gasteiger partial charge in [-0.1, -0.05) is 40.5 Å². The predicted octanol–water partition coefficient (Wildman–Crippen LogP) is 2.35. The van der Waals surface area contributed by atoms with Gasteiger partial charge in [-0.3, -0.25) is 14.4 Å². The minimum Gasteiger partial charge on any atom is -0.449 e. The molecule has 0 aromatic rings. The second-order valence-corrected chi connectivity index (χ2v) is 8.40. The molecule has 4 N–H and O–H groups in total. The Balaban J connectivity index is 0. The quantitative estimate of drug-likeness (QED) is 0.368. The van der Waals surface area contributed by atoms with Crippen molar-refractivity contribution in [2.75, 3.05) is 19.7 Å². The van der Waals surface area contributed by atoms with Crippen LogP contribution in [0.4, 0.5) is 4.79 Å². The summed E-state index contributed by atoms with van der Waals surface area (Å²) < 4.78 is 4.92. The fraction of sp³-hybridized carbons (Fsp3) is 0.818. The smallest absolute Gasteiger partial charge is 0.407 e. The van der Waals surface area contributed by atoms with Gasteiger partial charge in [0.1, 0.15) is 6.54 Å². The molecule has 0 aliphatic heterocycles. The van der Waals surface area contributed by atoms with E-state index in [4.69, 9.17) is 4.74 Å². The van der Waals surface area contributed by atoms with Crippen molar-refractivity contribution >= 4 is 23.8 Å². The Hall–Kier alpha value is -2.32. The second-order valence-electron chi connectivity index (χ2n) is 8.40. The molecular weight excluding hydrogens is 400 g/mol. The van der Waals surface area contributed by atoms with E-state index in [1.165, 1.54) is 0 Å². The Labute approximate surface area is 187 Å². The molecule has 0 aliphatic rings. The number of ether oxygens (including phenoxy) is 1. The second kappa shape index (κ2) is 18.4. The lowest BCUT2D eigenvalue weighted by atomic mass is 10.1. The normalized spacial score (nSPS) is 12.2. The van der Waals surface area contributed by atoms with Gasteiger partial charge in [0.15, 0.2) is 0 Å². The molecule has 0 saturated heterocycles. The van der Waals surface area contributed by atoms with E-state index in [9.17, 15) is 19.2 Å². The Morgan fingerprint density at radius 1 is 0.677 bits per heavy atom. The van der Waals surface area contributed by atoms with Gasteiger partial charge in [-0.25, -0.2) is 4.79 Å². The first-order chi connectivity index (χ1) is 14.4. The lowest BCUT2D eigenvalue weighted by molar-refractivity contribution is -0.126. The van der Waals surface area contributed by atoms with Crippen LogP contribution >= 0.6 is 0 Å². The molecule has 9 heteroatoms. The van der Waals surface area contributed by atoms with Gasteiger partial charge in [-0.2, -0.15) is 0 Å². The number of carbonyl (C=O) groups excluding carboxylic acids is 4. The van der Waals surface area contributed by atoms with Crippen molar-refractivity contribution in [1.29, 1.82) is 0 Å². The van der Waals surface area contributed by atoms with Crippen molar-refractivity contribution in [3.8, 4) is 0 Å². The molecule has 0 saturated carbocycles. The Morgan fingerprint density at radius 2 is 1.13 bits per heavy atom. The van der Waals surface area contributed by atoms with Crippen molar-refractivity contribution in [2.45, 2.75) is 86.7 Å². The third kappa shape index (κ3) is 22.2. The van der Waals surface area contributed by atoms with Crippen LogP contribution in [0.15, 0.2) is 0 Å². The standard InChI is InChI=1S/C11H22N2O3.C11H22N2O2/c1-5-9(4)7-16-11(15)12-6-10(14)13-8(2)3;1-5-9(4)6-10(14)12-7-11(15)13-8(2)3/h8-9H,5-7H2,1-4H3,(H,12,15)(H,13,14);8-9H,5-7H2,1-4H3,(H,12,14)(H,13,15). The van der Waals surface area contributed by atoms with Gasteiger partial charge in [0.25, 0.3) is 0 Å². The highest BCUT2D eigenvalue weighted by molar-refractivity contribution is 5.84. The summed E-state index contributed by atoms with van der Waals surface area (Å²) >= 11 is 0. The van der Waals surface area contributed by atoms with E-state index in [1.54, 1.807) is 0 Å². The maximum absolute atomic E-state index is 11.3. The summed E-state index contributed by atoms with van der Waals surface area (Å²) in [6, 6.07) is 0.189. The number of alkyl carbamates (subject to hydrolysis) is 1. The number of hydrogen-bond donors (Lipinski definition) is 4. The minimum absolute atomic E-state index is 0.0441. The van der Waals surface area contributed by atoms with Crippen LogP contribution in [-0.2, 0) is 19.1 Å². The predicted molar refractivity (Wildman–Crippen MR) is 122 cm³/mol. The molecule has 0 heterocycles. The summed E-state index contributed by atoms with van der Waals surface area (Å²) in [5.41, 5.74) is 0. The van der Waals surface area contributed by atoms with Crippen LogP contribution < -0.4 is 21.3 Å². The highest BCUT2D eigenvalue weighted by Gasteiger charge is 2.10. The van der Waals surface area contributed by atoms with Crippen LogP contribution in [-0.4, -0.2) is 55.6 Å². The highest BCUT2D eigenvalue weighted by atomic mass is 16.5. The monoisotopic (exact) mass is 444 g/mol. The summed E-state index contributed by atoms with van der Waals surface area (Å²) in [5, 5.41) is 10.4. The Morgan fingerprint density at radius 3 is 1.55 bits per heavy atom. The van der Waals surface area contributed by atoms with Gasteiger partial charge in [-0.15, -0.1) is 0 Å². The molecule has 2 unspecified atom stereocenters. The first-order valence-electron chi connectivity index (χ1n) is 11.2. The molecule has 0 radical (unpaired) electrons. The summed E-state index contributed by atoms with van der Waals surface area (Å²) in [4.78, 5) is 44.8. The molecule has 31 heavy (non-hydrogen) atoms. The molecule has 0 aromatic heterocycles. The molecule has 9 nitrogen and oxygen atoms in total. The maximum Gasteiger partial charge on any atom is 0.407 e. The molecule has 0 fully saturated rings. The summed E-state index contributed by atoms with van der Waals surface area (Å²) in [6.07, 6.45) is 1.89. The maximum atomic E-state index is 11.3. The van der Waals surface area contributed by atoms with E-state index < -0.39 is 6.09 Å². The van der Waals surface area contributed by atoms with E-state index in [0.717, 1.165) is 12.8 Å². The van der Waals surface area contributed by atoms with Crippen molar-refractivity contribution < 1.29 is 23.9 Å². The van der Waals surface area contributed by atoms with Crippen molar-refractivity contribution in [2.24, 2.45) is 11.8 Å². The first-order valence-corrected chi connectivity index (χ1v) is 11.2. The highest BCUT2D eigenvalue weighted by Crippen LogP contribution is 2.05. The number of carbonyl (C=O) groups is 4. The fourth-order valence-electron chi connectivity index (χ4n) is 2.00. The number of hydrogen-bond acceptors (Lipinski definition) is 5. The third-order valence-corrected chi connectivity index (χ3v) is 4.17. The van der Waals surface area contributed by atoms with E-state index in [0.29, 0.717) is 24.9 Å². The van der Waals surface area contributed by atoms with E-state index in [-0.39, 0.29) is 42.9 Å². The molecule has 0 aliphatic carbocycles. The molecule has 0 rings (SSSR count). The van der Waals surface area contributed by atoms with Crippen LogP contribution in [0.25, 0.3) is 0 Å². The molecule has 2 atom stereocenters. The van der Waals surface area contributed by atoms with Gasteiger partial charge in [0.05, 0.1) is 13.2 Å². The zero-order chi connectivity index (χ0) is 24.4. The molecule has 0 aromatic carbocycles. The first kappa shape index (κ1) is 30.9. The fourth-order valence-corrected chi connectivity index (χ4v) is 2.00.